The van der Waals surface area contributed by atoms with E-state index in [0.717, 1.165) is 4.90 Å². The third kappa shape index (κ3) is 22.3. The van der Waals surface area contributed by atoms with Gasteiger partial charge in [-0.1, -0.05) is 104 Å². The van der Waals surface area contributed by atoms with Crippen LogP contribution >= 0.6 is 0 Å². The van der Waals surface area contributed by atoms with Gasteiger partial charge in [0.15, 0.2) is 0 Å². The molecule has 0 aromatic heterocycles. The molecule has 26 heteroatoms. The molecule has 2 unspecified atom stereocenters. The predicted molar refractivity (Wildman–Crippen MR) is 340 cm³/mol. The summed E-state index contributed by atoms with van der Waals surface area (Å²) in [7, 11) is 6.00. The highest BCUT2D eigenvalue weighted by molar-refractivity contribution is 6.05. The van der Waals surface area contributed by atoms with Crippen LogP contribution in [0.5, 0.6) is 0 Å². The number of primary amides is 1. The predicted octanol–water partition coefficient (Wildman–Crippen LogP) is 4.28. The van der Waals surface area contributed by atoms with E-state index in [4.69, 9.17) is 19.9 Å². The van der Waals surface area contributed by atoms with Crippen molar-refractivity contribution in [2.24, 2.45) is 28.9 Å². The number of likely N-dealkylation sites (tertiary alicyclic amines) is 2. The maximum atomic E-state index is 14.3. The first-order chi connectivity index (χ1) is 43.1. The maximum Gasteiger partial charge on any atom is 0.410 e. The highest BCUT2D eigenvalue weighted by atomic mass is 16.6. The number of ether oxygens (including phenoxy) is 3. The minimum Gasteiger partial charge on any atom is -0.445 e. The van der Waals surface area contributed by atoms with Crippen molar-refractivity contribution in [3.05, 3.63) is 65.7 Å². The van der Waals surface area contributed by atoms with E-state index in [9.17, 15) is 57.8 Å². The van der Waals surface area contributed by atoms with Crippen LogP contribution in [-0.2, 0) is 64.0 Å². The fourth-order valence-electron chi connectivity index (χ4n) is 11.8. The number of rotatable bonds is 37. The third-order valence-corrected chi connectivity index (χ3v) is 17.6. The molecule has 0 radical (unpaired) electrons. The molecule has 2 fully saturated rings. The zero-order chi connectivity index (χ0) is 67.7. The molecule has 26 nitrogen and oxygen atoms in total. The summed E-state index contributed by atoms with van der Waals surface area (Å²) >= 11 is 0. The first-order valence-electron chi connectivity index (χ1n) is 31.8. The number of aliphatic hydroxyl groups excluding tert-OH is 1. The molecule has 506 valence electrons. The molecule has 0 bridgehead atoms. The Kier molecular flexibility index (Phi) is 30.8. The summed E-state index contributed by atoms with van der Waals surface area (Å²) in [6.07, 6.45) is 1.47. The van der Waals surface area contributed by atoms with Gasteiger partial charge in [0.05, 0.1) is 67.3 Å². The van der Waals surface area contributed by atoms with Crippen LogP contribution in [0.1, 0.15) is 150 Å². The van der Waals surface area contributed by atoms with Crippen LogP contribution in [0, 0.1) is 23.2 Å². The van der Waals surface area contributed by atoms with Gasteiger partial charge in [-0.2, -0.15) is 0 Å². The van der Waals surface area contributed by atoms with Gasteiger partial charge >= 0.3 is 12.1 Å². The molecule has 2 aliphatic rings. The highest BCUT2D eigenvalue weighted by Gasteiger charge is 2.47. The van der Waals surface area contributed by atoms with E-state index in [1.54, 1.807) is 83.0 Å². The Hall–Kier alpha value is -7.71. The first kappa shape index (κ1) is 75.7. The summed E-state index contributed by atoms with van der Waals surface area (Å²) in [5.41, 5.74) is 6.05. The van der Waals surface area contributed by atoms with E-state index in [2.05, 4.69) is 31.9 Å². The van der Waals surface area contributed by atoms with Crippen LogP contribution in [0.4, 0.5) is 15.3 Å². The lowest BCUT2D eigenvalue weighted by Crippen LogP contribution is -2.56. The molecule has 2 aromatic rings. The number of nitrogens with one attached hydrogen (secondary N) is 6. The SMILES string of the molecule is CC[C@H](C)[C@@H]([C@@H](CC(=O)N1CCC[C@H]1[C@H](OC)[C@@H](C)C(=O)N[C@H](C)[C@@H](O)c1ccccc1)OC)N(C)C(=O)CNC(=O)C(C(C)C)N(C)C(=O)OCc1ccc(NC(=O)[C@H](CCCNC(N)=O)NC(=O)CNC(=O)CCCCCN2C(=O)CC(C)(CC)C2=O)cc1. The number of hydrogen-bond donors (Lipinski definition) is 8. The Balaban J connectivity index is 1.28. The van der Waals surface area contributed by atoms with Gasteiger partial charge in [-0.15, -0.1) is 0 Å². The summed E-state index contributed by atoms with van der Waals surface area (Å²) in [6, 6.07) is 10.9. The number of amides is 12. The topological polar surface area (TPSA) is 347 Å². The third-order valence-electron chi connectivity index (χ3n) is 17.6. The molecular formula is C65H101N11O15. The van der Waals surface area contributed by atoms with Crippen molar-refractivity contribution in [2.45, 2.75) is 188 Å². The van der Waals surface area contributed by atoms with Crippen LogP contribution in [-0.4, -0.2) is 193 Å². The highest BCUT2D eigenvalue weighted by Crippen LogP contribution is 2.36. The van der Waals surface area contributed by atoms with Gasteiger partial charge in [-0.3, -0.25) is 53.0 Å². The maximum absolute atomic E-state index is 14.3. The van der Waals surface area contributed by atoms with Gasteiger partial charge in [0, 0.05) is 66.5 Å². The van der Waals surface area contributed by atoms with Gasteiger partial charge in [0.25, 0.3) is 0 Å². The molecule has 12 amide bonds. The summed E-state index contributed by atoms with van der Waals surface area (Å²) in [5.74, 6) is -4.85. The molecule has 91 heavy (non-hydrogen) atoms. The number of nitrogens with two attached hydrogens (primary N) is 1. The number of likely N-dealkylation sites (N-methyl/N-ethyl adjacent to an activating group) is 2. The molecule has 0 spiro atoms. The number of unbranched alkanes of at least 4 members (excludes halogenated alkanes) is 2. The number of carbonyl (C=O) groups excluding carboxylic acids is 11. The van der Waals surface area contributed by atoms with E-state index < -0.39 is 121 Å². The van der Waals surface area contributed by atoms with Crippen LogP contribution < -0.4 is 37.6 Å². The molecule has 4 rings (SSSR count). The Bertz CT molecular complexity index is 2770. The number of benzene rings is 2. The zero-order valence-corrected chi connectivity index (χ0v) is 55.3. The first-order valence-corrected chi connectivity index (χ1v) is 31.8. The molecule has 2 heterocycles. The molecule has 2 aliphatic heterocycles. The fraction of sp³-hybridized carbons (Fsp3) is 0.646. The lowest BCUT2D eigenvalue weighted by atomic mass is 9.86. The molecular weight excluding hydrogens is 1170 g/mol. The number of methoxy groups -OCH3 is 2. The van der Waals surface area contributed by atoms with E-state index >= 15 is 0 Å². The molecule has 2 aromatic carbocycles. The average molecular weight is 1280 g/mol. The number of aliphatic hydroxyl groups is 1. The summed E-state index contributed by atoms with van der Waals surface area (Å²) in [5, 5.41) is 26.9. The van der Waals surface area contributed by atoms with E-state index in [1.165, 1.54) is 31.1 Å². The summed E-state index contributed by atoms with van der Waals surface area (Å²) in [4.78, 5) is 150. The second-order valence-electron chi connectivity index (χ2n) is 24.6. The zero-order valence-electron chi connectivity index (χ0n) is 55.3. The monoisotopic (exact) mass is 1280 g/mol. The summed E-state index contributed by atoms with van der Waals surface area (Å²) < 4.78 is 17.5. The largest absolute Gasteiger partial charge is 0.445 e. The van der Waals surface area contributed by atoms with Crippen LogP contribution in [0.25, 0.3) is 0 Å². The second kappa shape index (κ2) is 37.0. The molecule has 9 N–H and O–H groups in total. The Morgan fingerprint density at radius 2 is 1.47 bits per heavy atom. The number of imide groups is 1. The van der Waals surface area contributed by atoms with Crippen molar-refractivity contribution in [3.63, 3.8) is 0 Å². The van der Waals surface area contributed by atoms with Crippen molar-refractivity contribution in [1.82, 2.24) is 46.2 Å². The number of hydrogen-bond acceptors (Lipinski definition) is 15. The smallest absolute Gasteiger partial charge is 0.410 e. The number of carbonyl (C=O) groups is 11. The lowest BCUT2D eigenvalue weighted by molar-refractivity contribution is -0.146. The van der Waals surface area contributed by atoms with Gasteiger partial charge in [-0.05, 0) is 87.0 Å². The van der Waals surface area contributed by atoms with Crippen molar-refractivity contribution in [3.8, 4) is 0 Å². The number of urea groups is 1. The normalized spacial score (nSPS) is 18.5. The molecule has 0 saturated carbocycles. The Labute approximate surface area is 535 Å². The average Bonchev–Trinajstić information content (AvgIpc) is 1.79. The van der Waals surface area contributed by atoms with Crippen molar-refractivity contribution < 1.29 is 72.1 Å². The van der Waals surface area contributed by atoms with E-state index in [0.29, 0.717) is 68.3 Å². The van der Waals surface area contributed by atoms with Crippen LogP contribution in [0.15, 0.2) is 54.6 Å². The molecule has 0 aliphatic carbocycles. The fourth-order valence-corrected chi connectivity index (χ4v) is 11.8. The van der Waals surface area contributed by atoms with E-state index in [1.807, 2.05) is 39.0 Å². The Morgan fingerprint density at radius 1 is 0.791 bits per heavy atom. The van der Waals surface area contributed by atoms with Crippen molar-refractivity contribution in [2.75, 3.05) is 66.4 Å². The van der Waals surface area contributed by atoms with Gasteiger partial charge in [0.1, 0.15) is 18.7 Å². The number of nitrogens with zero attached hydrogens (tertiary/aromatic N) is 4. The standard InChI is InChI=1S/C65H101N11O15/c1-13-41(5)56(49(89-11)35-52(79)75-34-22-26-48(75)58(90-12)42(6)59(83)70-43(7)57(82)45-23-17-15-18-24-45)73(9)54(81)38-69-61(85)55(40(3)4)74(10)64(88)91-39-44-28-30-46(31-29-44)71-60(84)47(25-21-32-67-63(66)87)72-51(78)37-68-50(77)27-19-16-20-33-76-53(80)36-65(8,14-2)62(76)86/h15,17-18,23-24,28-31,40-43,47-49,55-58,82H,13-14,16,19-22,25-27,32-39H2,1-12H3,(H,68,77)(H,69,85)(H,70,83)(H,71,84)(H,72,78)(H3,66,67,87)/t41-,42+,43+,47-,48-,49+,55?,56-,57+,58+,65?/m0/s1. The van der Waals surface area contributed by atoms with Gasteiger partial charge in [0.2, 0.25) is 53.2 Å². The van der Waals surface area contributed by atoms with E-state index in [-0.39, 0.29) is 81.3 Å². The molecule has 2 saturated heterocycles. The van der Waals surface area contributed by atoms with Gasteiger partial charge < -0.3 is 66.8 Å². The van der Waals surface area contributed by atoms with Gasteiger partial charge in [-0.25, -0.2) is 9.59 Å². The Morgan fingerprint density at radius 3 is 2.08 bits per heavy atom. The quantitative estimate of drug-likeness (QED) is 0.0346. The minimum absolute atomic E-state index is 0.0835. The minimum atomic E-state index is -1.08. The molecule has 11 atom stereocenters. The van der Waals surface area contributed by atoms with Crippen LogP contribution in [0.2, 0.25) is 0 Å². The van der Waals surface area contributed by atoms with Crippen LogP contribution in [0.3, 0.4) is 0 Å². The lowest BCUT2D eigenvalue weighted by Gasteiger charge is -2.39. The number of anilines is 1. The summed E-state index contributed by atoms with van der Waals surface area (Å²) in [6.45, 7) is 14.3. The van der Waals surface area contributed by atoms with Crippen molar-refractivity contribution in [1.29, 1.82) is 0 Å². The second-order valence-corrected chi connectivity index (χ2v) is 24.6. The van der Waals surface area contributed by atoms with Crippen molar-refractivity contribution >= 4 is 71.0 Å².